The summed E-state index contributed by atoms with van der Waals surface area (Å²) in [7, 11) is 0. The average Bonchev–Trinajstić information content (AvgIpc) is 2.98. The number of hydrogen-bond donors (Lipinski definition) is 0. The molecular formula is C15H15F4N3S. The molecule has 0 atom stereocenters. The van der Waals surface area contributed by atoms with Crippen LogP contribution in [0.4, 0.5) is 23.2 Å². The zero-order valence-corrected chi connectivity index (χ0v) is 13.0. The molecule has 0 spiro atoms. The lowest BCUT2D eigenvalue weighted by molar-refractivity contribution is -0.140. The van der Waals surface area contributed by atoms with Crippen LogP contribution in [0.15, 0.2) is 29.6 Å². The van der Waals surface area contributed by atoms with E-state index < -0.39 is 11.9 Å². The lowest BCUT2D eigenvalue weighted by atomic mass is 10.2. The predicted molar refractivity (Wildman–Crippen MR) is 81.0 cm³/mol. The van der Waals surface area contributed by atoms with E-state index in [0.29, 0.717) is 11.6 Å². The highest BCUT2D eigenvalue weighted by Crippen LogP contribution is 2.30. The number of thiazole rings is 1. The van der Waals surface area contributed by atoms with E-state index in [2.05, 4.69) is 14.8 Å². The molecule has 1 aliphatic heterocycles. The number of piperazine rings is 1. The lowest BCUT2D eigenvalue weighted by Gasteiger charge is -2.35. The van der Waals surface area contributed by atoms with E-state index in [1.165, 1.54) is 12.1 Å². The van der Waals surface area contributed by atoms with Crippen LogP contribution in [0.25, 0.3) is 0 Å². The number of alkyl halides is 3. The largest absolute Gasteiger partial charge is 0.434 e. The van der Waals surface area contributed by atoms with Gasteiger partial charge < -0.3 is 4.90 Å². The van der Waals surface area contributed by atoms with Crippen LogP contribution in [-0.4, -0.2) is 36.1 Å². The number of hydrogen-bond acceptors (Lipinski definition) is 4. The lowest BCUT2D eigenvalue weighted by Crippen LogP contribution is -2.45. The second-order valence-electron chi connectivity index (χ2n) is 5.36. The fourth-order valence-electron chi connectivity index (χ4n) is 2.52. The fourth-order valence-corrected chi connectivity index (χ4v) is 3.36. The Labute approximate surface area is 135 Å². The highest BCUT2D eigenvalue weighted by atomic mass is 32.1. The quantitative estimate of drug-likeness (QED) is 0.792. The first-order valence-corrected chi connectivity index (χ1v) is 8.04. The normalized spacial score (nSPS) is 16.8. The molecule has 124 valence electrons. The van der Waals surface area contributed by atoms with E-state index in [9.17, 15) is 17.6 Å². The molecule has 0 radical (unpaired) electrons. The molecule has 0 aliphatic carbocycles. The summed E-state index contributed by atoms with van der Waals surface area (Å²) < 4.78 is 50.6. The summed E-state index contributed by atoms with van der Waals surface area (Å²) in [5.74, 6) is -0.267. The van der Waals surface area contributed by atoms with Crippen molar-refractivity contribution in [2.24, 2.45) is 0 Å². The van der Waals surface area contributed by atoms with Gasteiger partial charge in [-0.25, -0.2) is 9.37 Å². The van der Waals surface area contributed by atoms with Crippen LogP contribution in [0.2, 0.25) is 0 Å². The van der Waals surface area contributed by atoms with Crippen LogP contribution in [0.3, 0.4) is 0 Å². The van der Waals surface area contributed by atoms with Crippen LogP contribution in [0, 0.1) is 5.82 Å². The van der Waals surface area contributed by atoms with Crippen LogP contribution in [-0.2, 0) is 12.7 Å². The van der Waals surface area contributed by atoms with Gasteiger partial charge in [0, 0.05) is 37.2 Å². The van der Waals surface area contributed by atoms with Crippen molar-refractivity contribution >= 4 is 17.0 Å². The first-order chi connectivity index (χ1) is 10.9. The predicted octanol–water partition coefficient (Wildman–Crippen LogP) is 3.62. The second-order valence-corrected chi connectivity index (χ2v) is 6.31. The molecule has 0 unspecified atom stereocenters. The molecule has 1 aromatic carbocycles. The molecule has 0 saturated carbocycles. The smallest absolute Gasteiger partial charge is 0.369 e. The fraction of sp³-hybridized carbons (Fsp3) is 0.400. The van der Waals surface area contributed by atoms with Gasteiger partial charge in [-0.05, 0) is 24.3 Å². The van der Waals surface area contributed by atoms with Gasteiger partial charge in [-0.2, -0.15) is 13.2 Å². The zero-order valence-electron chi connectivity index (χ0n) is 12.2. The van der Waals surface area contributed by atoms with E-state index in [0.717, 1.165) is 48.6 Å². The molecule has 2 heterocycles. The third-order valence-corrected chi connectivity index (χ3v) is 4.60. The minimum atomic E-state index is -4.38. The molecule has 1 aliphatic rings. The van der Waals surface area contributed by atoms with E-state index in [1.807, 2.05) is 0 Å². The standard InChI is InChI=1S/C15H15F4N3S/c16-11-1-3-12(4-2-11)22-7-5-21(6-8-22)9-14-20-13(10-23-14)15(17,18)19/h1-4,10H,5-9H2. The summed E-state index contributed by atoms with van der Waals surface area (Å²) in [6, 6.07) is 6.33. The molecule has 0 N–H and O–H groups in total. The van der Waals surface area contributed by atoms with Crippen molar-refractivity contribution in [3.05, 3.63) is 46.2 Å². The molecule has 1 aromatic heterocycles. The Hall–Kier alpha value is -1.67. The topological polar surface area (TPSA) is 19.4 Å². The van der Waals surface area contributed by atoms with Gasteiger partial charge in [-0.3, -0.25) is 4.90 Å². The average molecular weight is 345 g/mol. The van der Waals surface area contributed by atoms with Crippen molar-refractivity contribution < 1.29 is 17.6 Å². The molecule has 0 amide bonds. The Morgan fingerprint density at radius 1 is 1.04 bits per heavy atom. The van der Waals surface area contributed by atoms with Gasteiger partial charge >= 0.3 is 6.18 Å². The van der Waals surface area contributed by atoms with Crippen molar-refractivity contribution in [3.63, 3.8) is 0 Å². The Balaban J connectivity index is 1.55. The van der Waals surface area contributed by atoms with Crippen LogP contribution >= 0.6 is 11.3 Å². The number of nitrogens with zero attached hydrogens (tertiary/aromatic N) is 3. The van der Waals surface area contributed by atoms with Gasteiger partial charge in [0.15, 0.2) is 5.69 Å². The Morgan fingerprint density at radius 3 is 2.26 bits per heavy atom. The molecule has 2 aromatic rings. The summed E-state index contributed by atoms with van der Waals surface area (Å²) in [5, 5.41) is 1.54. The Morgan fingerprint density at radius 2 is 1.70 bits per heavy atom. The number of anilines is 1. The highest BCUT2D eigenvalue weighted by Gasteiger charge is 2.33. The van der Waals surface area contributed by atoms with Crippen molar-refractivity contribution in [1.82, 2.24) is 9.88 Å². The number of benzene rings is 1. The minimum absolute atomic E-state index is 0.267. The van der Waals surface area contributed by atoms with Gasteiger partial charge in [0.1, 0.15) is 10.8 Å². The summed E-state index contributed by atoms with van der Waals surface area (Å²) in [5.41, 5.74) is 0.141. The van der Waals surface area contributed by atoms with Gasteiger partial charge in [0.2, 0.25) is 0 Å². The third kappa shape index (κ3) is 4.00. The molecule has 0 bridgehead atoms. The monoisotopic (exact) mass is 345 g/mol. The van der Waals surface area contributed by atoms with E-state index >= 15 is 0 Å². The van der Waals surface area contributed by atoms with Gasteiger partial charge in [0.25, 0.3) is 0 Å². The molecule has 3 nitrogen and oxygen atoms in total. The third-order valence-electron chi connectivity index (χ3n) is 3.77. The minimum Gasteiger partial charge on any atom is -0.369 e. The Bertz CT molecular complexity index is 645. The highest BCUT2D eigenvalue weighted by molar-refractivity contribution is 7.09. The van der Waals surface area contributed by atoms with Gasteiger partial charge in [0.05, 0.1) is 6.54 Å². The first-order valence-electron chi connectivity index (χ1n) is 7.16. The number of rotatable bonds is 3. The molecule has 1 fully saturated rings. The summed E-state index contributed by atoms with van der Waals surface area (Å²) >= 11 is 1.04. The van der Waals surface area contributed by atoms with Crippen molar-refractivity contribution in [2.75, 3.05) is 31.1 Å². The van der Waals surface area contributed by atoms with Gasteiger partial charge in [-0.1, -0.05) is 0 Å². The molecule has 3 rings (SSSR count). The van der Waals surface area contributed by atoms with Crippen molar-refractivity contribution in [2.45, 2.75) is 12.7 Å². The van der Waals surface area contributed by atoms with Crippen LogP contribution in [0.5, 0.6) is 0 Å². The summed E-state index contributed by atoms with van der Waals surface area (Å²) in [4.78, 5) is 7.88. The van der Waals surface area contributed by atoms with Gasteiger partial charge in [-0.15, -0.1) is 11.3 Å². The first kappa shape index (κ1) is 16.2. The maximum atomic E-state index is 12.9. The number of halogens is 4. The SMILES string of the molecule is Fc1ccc(N2CCN(Cc3nc(C(F)(F)F)cs3)CC2)cc1. The molecule has 8 heteroatoms. The molecule has 23 heavy (non-hydrogen) atoms. The zero-order chi connectivity index (χ0) is 16.4. The summed E-state index contributed by atoms with van der Waals surface area (Å²) in [6.45, 7) is 3.40. The van der Waals surface area contributed by atoms with Crippen LogP contribution in [0.1, 0.15) is 10.7 Å². The molecule has 1 saturated heterocycles. The van der Waals surface area contributed by atoms with E-state index in [-0.39, 0.29) is 5.82 Å². The second kappa shape index (κ2) is 6.45. The van der Waals surface area contributed by atoms with Crippen molar-refractivity contribution in [3.8, 4) is 0 Å². The maximum Gasteiger partial charge on any atom is 0.434 e. The maximum absolute atomic E-state index is 12.9. The Kier molecular flexibility index (Phi) is 4.54. The van der Waals surface area contributed by atoms with Crippen molar-refractivity contribution in [1.29, 1.82) is 0 Å². The van der Waals surface area contributed by atoms with Crippen LogP contribution < -0.4 is 4.90 Å². The number of aromatic nitrogens is 1. The van der Waals surface area contributed by atoms with E-state index in [1.54, 1.807) is 12.1 Å². The summed E-state index contributed by atoms with van der Waals surface area (Å²) in [6.07, 6.45) is -4.38. The molecular weight excluding hydrogens is 330 g/mol. The van der Waals surface area contributed by atoms with E-state index in [4.69, 9.17) is 0 Å².